The molecule has 2 aromatic carbocycles. The zero-order chi connectivity index (χ0) is 13.9. The first-order valence-corrected chi connectivity index (χ1v) is 6.25. The van der Waals surface area contributed by atoms with E-state index in [0.717, 1.165) is 16.5 Å². The van der Waals surface area contributed by atoms with E-state index in [1.54, 1.807) is 18.3 Å². The molecule has 1 heterocycles. The fraction of sp³-hybridized carbons (Fsp3) is 0. The fourth-order valence-electron chi connectivity index (χ4n) is 2.08. The number of nitrogens with two attached hydrogens (primary N) is 1. The van der Waals surface area contributed by atoms with Crippen LogP contribution in [0.4, 0.5) is 11.5 Å². The van der Waals surface area contributed by atoms with Crippen molar-refractivity contribution in [1.82, 2.24) is 4.98 Å². The van der Waals surface area contributed by atoms with E-state index in [0.29, 0.717) is 5.56 Å². The summed E-state index contributed by atoms with van der Waals surface area (Å²) >= 11 is 0. The van der Waals surface area contributed by atoms with Gasteiger partial charge in [0.1, 0.15) is 5.82 Å². The molecule has 20 heavy (non-hydrogen) atoms. The maximum atomic E-state index is 12.1. The molecule has 1 amide bonds. The van der Waals surface area contributed by atoms with Crippen molar-refractivity contribution in [2.45, 2.75) is 0 Å². The largest absolute Gasteiger partial charge is 0.383 e. The van der Waals surface area contributed by atoms with E-state index in [4.69, 9.17) is 5.73 Å². The van der Waals surface area contributed by atoms with E-state index in [-0.39, 0.29) is 11.7 Å². The molecule has 3 aromatic rings. The molecule has 0 atom stereocenters. The van der Waals surface area contributed by atoms with E-state index in [9.17, 15) is 4.79 Å². The Hall–Kier alpha value is -2.88. The molecule has 4 nitrogen and oxygen atoms in total. The minimum Gasteiger partial charge on any atom is -0.383 e. The number of hydrogen-bond donors (Lipinski definition) is 2. The van der Waals surface area contributed by atoms with Gasteiger partial charge >= 0.3 is 0 Å². The second-order valence-electron chi connectivity index (χ2n) is 4.45. The Balaban J connectivity index is 1.89. The van der Waals surface area contributed by atoms with Crippen LogP contribution in [-0.2, 0) is 0 Å². The number of carbonyl (C=O) groups excluding carboxylic acids is 1. The second kappa shape index (κ2) is 5.01. The lowest BCUT2D eigenvalue weighted by molar-refractivity contribution is 0.102. The van der Waals surface area contributed by atoms with Gasteiger partial charge in [-0.05, 0) is 35.0 Å². The zero-order valence-corrected chi connectivity index (χ0v) is 10.7. The van der Waals surface area contributed by atoms with E-state index >= 15 is 0 Å². The molecule has 3 rings (SSSR count). The van der Waals surface area contributed by atoms with Crippen LogP contribution in [0.1, 0.15) is 10.4 Å². The van der Waals surface area contributed by atoms with Crippen LogP contribution in [0.2, 0.25) is 0 Å². The Bertz CT molecular complexity index is 783. The van der Waals surface area contributed by atoms with Crippen LogP contribution in [0.25, 0.3) is 10.8 Å². The molecule has 4 heteroatoms. The van der Waals surface area contributed by atoms with E-state index in [1.165, 1.54) is 0 Å². The van der Waals surface area contributed by atoms with Gasteiger partial charge in [0.25, 0.3) is 5.91 Å². The van der Waals surface area contributed by atoms with Crippen molar-refractivity contribution in [3.8, 4) is 0 Å². The zero-order valence-electron chi connectivity index (χ0n) is 10.7. The molecule has 0 aliphatic rings. The monoisotopic (exact) mass is 263 g/mol. The lowest BCUT2D eigenvalue weighted by Gasteiger charge is -2.07. The number of fused-ring (bicyclic) bond motifs is 1. The standard InChI is InChI=1S/C16H13N3O/c17-15-14(6-3-9-18-15)16(20)19-13-8-7-11-4-1-2-5-12(11)10-13/h1-10H,(H2,17,18)(H,19,20). The number of amides is 1. The summed E-state index contributed by atoms with van der Waals surface area (Å²) in [6, 6.07) is 17.1. The molecule has 0 fully saturated rings. The Morgan fingerprint density at radius 1 is 1.00 bits per heavy atom. The molecule has 0 saturated heterocycles. The Morgan fingerprint density at radius 2 is 1.80 bits per heavy atom. The molecule has 0 aliphatic carbocycles. The van der Waals surface area contributed by atoms with E-state index < -0.39 is 0 Å². The van der Waals surface area contributed by atoms with E-state index in [2.05, 4.69) is 10.3 Å². The van der Waals surface area contributed by atoms with Crippen molar-refractivity contribution in [1.29, 1.82) is 0 Å². The Morgan fingerprint density at radius 3 is 2.60 bits per heavy atom. The average molecular weight is 263 g/mol. The normalized spacial score (nSPS) is 10.4. The summed E-state index contributed by atoms with van der Waals surface area (Å²) in [4.78, 5) is 16.0. The molecule has 0 spiro atoms. The summed E-state index contributed by atoms with van der Waals surface area (Å²) in [5.41, 5.74) is 6.80. The van der Waals surface area contributed by atoms with Gasteiger partial charge in [0, 0.05) is 11.9 Å². The number of rotatable bonds is 2. The lowest BCUT2D eigenvalue weighted by atomic mass is 10.1. The number of anilines is 2. The van der Waals surface area contributed by atoms with Gasteiger partial charge in [-0.25, -0.2) is 4.98 Å². The molecule has 1 aromatic heterocycles. The molecule has 0 unspecified atom stereocenters. The van der Waals surface area contributed by atoms with Crippen LogP contribution in [0.5, 0.6) is 0 Å². The third kappa shape index (κ3) is 2.31. The number of nitrogens with zero attached hydrogens (tertiary/aromatic N) is 1. The highest BCUT2D eigenvalue weighted by molar-refractivity contribution is 6.07. The summed E-state index contributed by atoms with van der Waals surface area (Å²) < 4.78 is 0. The highest BCUT2D eigenvalue weighted by Crippen LogP contribution is 2.20. The maximum Gasteiger partial charge on any atom is 0.259 e. The first kappa shape index (κ1) is 12.2. The summed E-state index contributed by atoms with van der Waals surface area (Å²) in [7, 11) is 0. The minimum absolute atomic E-state index is 0.228. The smallest absolute Gasteiger partial charge is 0.259 e. The molecular formula is C16H13N3O. The van der Waals surface area contributed by atoms with Crippen LogP contribution in [0, 0.1) is 0 Å². The summed E-state index contributed by atoms with van der Waals surface area (Å²) in [6.45, 7) is 0. The van der Waals surface area contributed by atoms with Gasteiger partial charge in [0.2, 0.25) is 0 Å². The predicted octanol–water partition coefficient (Wildman–Crippen LogP) is 3.07. The van der Waals surface area contributed by atoms with Gasteiger partial charge < -0.3 is 11.1 Å². The molecule has 0 saturated carbocycles. The predicted molar refractivity (Wildman–Crippen MR) is 80.6 cm³/mol. The summed E-state index contributed by atoms with van der Waals surface area (Å²) in [6.07, 6.45) is 1.56. The minimum atomic E-state index is -0.258. The highest BCUT2D eigenvalue weighted by atomic mass is 16.1. The van der Waals surface area contributed by atoms with Gasteiger partial charge in [-0.3, -0.25) is 4.79 Å². The number of benzene rings is 2. The van der Waals surface area contributed by atoms with E-state index in [1.807, 2.05) is 42.5 Å². The van der Waals surface area contributed by atoms with Crippen LogP contribution in [0.3, 0.4) is 0 Å². The van der Waals surface area contributed by atoms with Crippen molar-refractivity contribution >= 4 is 28.2 Å². The van der Waals surface area contributed by atoms with Gasteiger partial charge in [0.15, 0.2) is 0 Å². The topological polar surface area (TPSA) is 68.0 Å². The number of carbonyl (C=O) groups is 1. The first-order valence-electron chi connectivity index (χ1n) is 6.25. The van der Waals surface area contributed by atoms with Crippen molar-refractivity contribution < 1.29 is 4.79 Å². The summed E-state index contributed by atoms with van der Waals surface area (Å²) in [5.74, 6) is -0.0309. The molecule has 3 N–H and O–H groups in total. The maximum absolute atomic E-state index is 12.1. The van der Waals surface area contributed by atoms with Crippen molar-refractivity contribution in [2.75, 3.05) is 11.1 Å². The van der Waals surface area contributed by atoms with Gasteiger partial charge in [-0.2, -0.15) is 0 Å². The Kier molecular flexibility index (Phi) is 3.05. The van der Waals surface area contributed by atoms with Gasteiger partial charge in [0.05, 0.1) is 5.56 Å². The quantitative estimate of drug-likeness (QED) is 0.746. The van der Waals surface area contributed by atoms with Crippen LogP contribution in [0.15, 0.2) is 60.8 Å². The van der Waals surface area contributed by atoms with Crippen molar-refractivity contribution in [3.05, 3.63) is 66.4 Å². The molecular weight excluding hydrogens is 250 g/mol. The fourth-order valence-corrected chi connectivity index (χ4v) is 2.08. The molecule has 98 valence electrons. The highest BCUT2D eigenvalue weighted by Gasteiger charge is 2.10. The van der Waals surface area contributed by atoms with Crippen molar-refractivity contribution in [2.24, 2.45) is 0 Å². The molecule has 0 radical (unpaired) electrons. The second-order valence-corrected chi connectivity index (χ2v) is 4.45. The molecule has 0 aliphatic heterocycles. The van der Waals surface area contributed by atoms with Crippen molar-refractivity contribution in [3.63, 3.8) is 0 Å². The number of nitrogens with one attached hydrogen (secondary N) is 1. The SMILES string of the molecule is Nc1ncccc1C(=O)Nc1ccc2ccccc2c1. The third-order valence-electron chi connectivity index (χ3n) is 3.09. The van der Waals surface area contributed by atoms with Crippen LogP contribution >= 0.6 is 0 Å². The third-order valence-corrected chi connectivity index (χ3v) is 3.09. The number of nitrogen functional groups attached to an aromatic ring is 1. The Labute approximate surface area is 116 Å². The van der Waals surface area contributed by atoms with Crippen LogP contribution in [-0.4, -0.2) is 10.9 Å². The first-order chi connectivity index (χ1) is 9.74. The summed E-state index contributed by atoms with van der Waals surface area (Å²) in [5, 5.41) is 5.04. The average Bonchev–Trinajstić information content (AvgIpc) is 2.47. The number of hydrogen-bond acceptors (Lipinski definition) is 3. The number of aromatic nitrogens is 1. The molecule has 0 bridgehead atoms. The van der Waals surface area contributed by atoms with Crippen LogP contribution < -0.4 is 11.1 Å². The number of pyridine rings is 1. The van der Waals surface area contributed by atoms with Gasteiger partial charge in [-0.15, -0.1) is 0 Å². The van der Waals surface area contributed by atoms with Gasteiger partial charge in [-0.1, -0.05) is 30.3 Å². The lowest BCUT2D eigenvalue weighted by Crippen LogP contribution is -2.14.